The number of hydrogen-bond acceptors (Lipinski definition) is 7. The minimum Gasteiger partial charge on any atom is -0.494 e. The van der Waals surface area contributed by atoms with Crippen LogP contribution < -0.4 is 14.4 Å². The SMILES string of the molecule is CCOc1ccc(C(=O)N(CCN2CCOCC2)c2nc3c(OC)ccc(C)c3s2)cc1. The lowest BCUT2D eigenvalue weighted by Gasteiger charge is -2.29. The van der Waals surface area contributed by atoms with Gasteiger partial charge in [-0.15, -0.1) is 0 Å². The normalized spacial score (nSPS) is 14.5. The lowest BCUT2D eigenvalue weighted by Crippen LogP contribution is -2.43. The molecular weight excluding hydrogens is 426 g/mol. The number of fused-ring (bicyclic) bond motifs is 1. The Labute approximate surface area is 192 Å². The van der Waals surface area contributed by atoms with Gasteiger partial charge < -0.3 is 14.2 Å². The third-order valence-corrected chi connectivity index (χ3v) is 6.76. The number of aryl methyl sites for hydroxylation is 1. The van der Waals surface area contributed by atoms with E-state index >= 15 is 0 Å². The molecule has 0 radical (unpaired) electrons. The molecule has 0 aliphatic carbocycles. The van der Waals surface area contributed by atoms with E-state index in [1.54, 1.807) is 12.0 Å². The molecule has 4 rings (SSSR count). The fourth-order valence-corrected chi connectivity index (χ4v) is 4.82. The van der Waals surface area contributed by atoms with Crippen molar-refractivity contribution in [1.82, 2.24) is 9.88 Å². The molecule has 170 valence electrons. The van der Waals surface area contributed by atoms with Crippen LogP contribution in [0.4, 0.5) is 5.13 Å². The first-order valence-electron chi connectivity index (χ1n) is 10.9. The van der Waals surface area contributed by atoms with Gasteiger partial charge in [-0.1, -0.05) is 17.4 Å². The average molecular weight is 456 g/mol. The van der Waals surface area contributed by atoms with Crippen LogP contribution in [0.15, 0.2) is 36.4 Å². The Morgan fingerprint density at radius 1 is 1.19 bits per heavy atom. The zero-order valence-corrected chi connectivity index (χ0v) is 19.6. The molecule has 1 aliphatic heterocycles. The molecule has 1 aromatic heterocycles. The van der Waals surface area contributed by atoms with Gasteiger partial charge in [0.1, 0.15) is 17.0 Å². The van der Waals surface area contributed by atoms with Crippen LogP contribution in [0, 0.1) is 6.92 Å². The molecule has 0 saturated carbocycles. The Morgan fingerprint density at radius 3 is 2.62 bits per heavy atom. The molecule has 1 aliphatic rings. The zero-order valence-electron chi connectivity index (χ0n) is 18.8. The number of nitrogens with zero attached hydrogens (tertiary/aromatic N) is 3. The summed E-state index contributed by atoms with van der Waals surface area (Å²) in [7, 11) is 1.64. The van der Waals surface area contributed by atoms with Crippen LogP contribution in [-0.2, 0) is 4.74 Å². The molecular formula is C24H29N3O4S. The summed E-state index contributed by atoms with van der Waals surface area (Å²) in [4.78, 5) is 22.5. The number of amides is 1. The van der Waals surface area contributed by atoms with E-state index in [9.17, 15) is 4.79 Å². The van der Waals surface area contributed by atoms with Gasteiger partial charge in [0.25, 0.3) is 5.91 Å². The van der Waals surface area contributed by atoms with E-state index in [1.165, 1.54) is 11.3 Å². The van der Waals surface area contributed by atoms with E-state index in [0.29, 0.717) is 23.8 Å². The zero-order chi connectivity index (χ0) is 22.5. The van der Waals surface area contributed by atoms with Crippen molar-refractivity contribution in [1.29, 1.82) is 0 Å². The van der Waals surface area contributed by atoms with Crippen LogP contribution >= 0.6 is 11.3 Å². The topological polar surface area (TPSA) is 64.1 Å². The van der Waals surface area contributed by atoms with Crippen molar-refractivity contribution >= 4 is 32.6 Å². The highest BCUT2D eigenvalue weighted by atomic mass is 32.1. The monoisotopic (exact) mass is 455 g/mol. The number of carbonyl (C=O) groups excluding carboxylic acids is 1. The van der Waals surface area contributed by atoms with Crippen LogP contribution in [0.25, 0.3) is 10.2 Å². The van der Waals surface area contributed by atoms with Crippen molar-refractivity contribution in [3.05, 3.63) is 47.5 Å². The van der Waals surface area contributed by atoms with Crippen LogP contribution in [0.3, 0.4) is 0 Å². The van der Waals surface area contributed by atoms with Gasteiger partial charge in [-0.05, 0) is 49.7 Å². The lowest BCUT2D eigenvalue weighted by molar-refractivity contribution is 0.0391. The van der Waals surface area contributed by atoms with Crippen molar-refractivity contribution < 1.29 is 19.0 Å². The van der Waals surface area contributed by atoms with E-state index in [0.717, 1.165) is 60.1 Å². The van der Waals surface area contributed by atoms with Gasteiger partial charge in [0, 0.05) is 31.7 Å². The van der Waals surface area contributed by atoms with Crippen LogP contribution in [0.1, 0.15) is 22.8 Å². The number of anilines is 1. The van der Waals surface area contributed by atoms with Gasteiger partial charge in [0.15, 0.2) is 5.13 Å². The highest BCUT2D eigenvalue weighted by Gasteiger charge is 2.24. The molecule has 3 aromatic rings. The summed E-state index contributed by atoms with van der Waals surface area (Å²) in [6, 6.07) is 11.2. The lowest BCUT2D eigenvalue weighted by atomic mass is 10.2. The quantitative estimate of drug-likeness (QED) is 0.512. The predicted octanol–water partition coefficient (Wildman–Crippen LogP) is 3.99. The summed E-state index contributed by atoms with van der Waals surface area (Å²) in [5, 5.41) is 0.680. The number of methoxy groups -OCH3 is 1. The Balaban J connectivity index is 1.66. The standard InChI is InChI=1S/C24H29N3O4S/c1-4-31-19-8-6-18(7-9-19)23(28)27(12-11-26-13-15-30-16-14-26)24-25-21-20(29-3)10-5-17(2)22(21)32-24/h5-10H,4,11-16H2,1-3H3. The van der Waals surface area contributed by atoms with Gasteiger partial charge in [0.2, 0.25) is 0 Å². The van der Waals surface area contributed by atoms with Gasteiger partial charge in [-0.2, -0.15) is 0 Å². The number of thiazole rings is 1. The van der Waals surface area contributed by atoms with Crippen LogP contribution in [0.2, 0.25) is 0 Å². The maximum Gasteiger partial charge on any atom is 0.260 e. The number of ether oxygens (including phenoxy) is 3. The van der Waals surface area contributed by atoms with E-state index in [2.05, 4.69) is 11.8 Å². The Bertz CT molecular complexity index is 1060. The fraction of sp³-hybridized carbons (Fsp3) is 0.417. The first kappa shape index (κ1) is 22.5. The van der Waals surface area contributed by atoms with Gasteiger partial charge in [-0.3, -0.25) is 14.6 Å². The molecule has 1 saturated heterocycles. The first-order valence-corrected chi connectivity index (χ1v) is 11.7. The second kappa shape index (κ2) is 10.3. The van der Waals surface area contributed by atoms with Crippen molar-refractivity contribution in [2.45, 2.75) is 13.8 Å². The Morgan fingerprint density at radius 2 is 1.94 bits per heavy atom. The molecule has 8 heteroatoms. The predicted molar refractivity (Wildman–Crippen MR) is 127 cm³/mol. The average Bonchev–Trinajstić information content (AvgIpc) is 3.27. The largest absolute Gasteiger partial charge is 0.494 e. The van der Waals surface area contributed by atoms with Crippen molar-refractivity contribution in [2.75, 3.05) is 58.0 Å². The second-order valence-electron chi connectivity index (χ2n) is 7.63. The highest BCUT2D eigenvalue weighted by molar-refractivity contribution is 7.22. The number of benzene rings is 2. The number of aromatic nitrogens is 1. The molecule has 1 amide bonds. The summed E-state index contributed by atoms with van der Waals surface area (Å²) in [5.74, 6) is 1.40. The number of rotatable bonds is 8. The van der Waals surface area contributed by atoms with Crippen LogP contribution in [-0.4, -0.2) is 68.9 Å². The third kappa shape index (κ3) is 4.87. The minimum atomic E-state index is -0.0722. The molecule has 1 fully saturated rings. The summed E-state index contributed by atoms with van der Waals surface area (Å²) < 4.78 is 17.5. The maximum atomic E-state index is 13.6. The number of hydrogen-bond donors (Lipinski definition) is 0. The second-order valence-corrected chi connectivity index (χ2v) is 8.60. The molecule has 0 unspecified atom stereocenters. The van der Waals surface area contributed by atoms with E-state index in [4.69, 9.17) is 19.2 Å². The van der Waals surface area contributed by atoms with Crippen molar-refractivity contribution in [3.63, 3.8) is 0 Å². The molecule has 32 heavy (non-hydrogen) atoms. The Hall–Kier alpha value is -2.68. The summed E-state index contributed by atoms with van der Waals surface area (Å²) in [6.07, 6.45) is 0. The summed E-state index contributed by atoms with van der Waals surface area (Å²) in [5.41, 5.74) is 2.52. The molecule has 0 spiro atoms. The highest BCUT2D eigenvalue weighted by Crippen LogP contribution is 2.36. The molecule has 7 nitrogen and oxygen atoms in total. The molecule has 2 heterocycles. The van der Waals surface area contributed by atoms with Gasteiger partial charge >= 0.3 is 0 Å². The fourth-order valence-electron chi connectivity index (χ4n) is 3.75. The van der Waals surface area contributed by atoms with Crippen molar-refractivity contribution in [3.8, 4) is 11.5 Å². The summed E-state index contributed by atoms with van der Waals surface area (Å²) in [6.45, 7) is 9.09. The molecule has 0 bridgehead atoms. The summed E-state index contributed by atoms with van der Waals surface area (Å²) >= 11 is 1.53. The third-order valence-electron chi connectivity index (χ3n) is 5.54. The molecule has 0 N–H and O–H groups in total. The Kier molecular flexibility index (Phi) is 7.24. The minimum absolute atomic E-state index is 0.0722. The number of carbonyl (C=O) groups is 1. The number of morpholine rings is 1. The smallest absolute Gasteiger partial charge is 0.260 e. The maximum absolute atomic E-state index is 13.6. The van der Waals surface area contributed by atoms with Gasteiger partial charge in [0.05, 0.1) is 31.6 Å². The van der Waals surface area contributed by atoms with E-state index in [-0.39, 0.29) is 5.91 Å². The van der Waals surface area contributed by atoms with Crippen molar-refractivity contribution in [2.24, 2.45) is 0 Å². The van der Waals surface area contributed by atoms with Gasteiger partial charge in [-0.25, -0.2) is 4.98 Å². The first-order chi connectivity index (χ1) is 15.6. The van der Waals surface area contributed by atoms with Crippen LogP contribution in [0.5, 0.6) is 11.5 Å². The molecule has 0 atom stereocenters. The van der Waals surface area contributed by atoms with E-state index in [1.807, 2.05) is 43.3 Å². The molecule has 2 aromatic carbocycles. The van der Waals surface area contributed by atoms with E-state index < -0.39 is 0 Å².